The molecular weight excluding hydrogens is 414 g/mol. The largest absolute Gasteiger partial charge is 0.493 e. The maximum absolute atomic E-state index is 9.61. The van der Waals surface area contributed by atoms with E-state index in [2.05, 4.69) is 27.0 Å². The molecule has 0 saturated heterocycles. The Bertz CT molecular complexity index is 1010. The molecule has 26 heavy (non-hydrogen) atoms. The molecule has 0 saturated carbocycles. The van der Waals surface area contributed by atoms with Crippen molar-refractivity contribution in [2.24, 2.45) is 0 Å². The van der Waals surface area contributed by atoms with Gasteiger partial charge >= 0.3 is 0 Å². The van der Waals surface area contributed by atoms with Gasteiger partial charge in [0.05, 0.1) is 12.3 Å². The lowest BCUT2D eigenvalue weighted by atomic mass is 9.97. The van der Waals surface area contributed by atoms with Crippen molar-refractivity contribution in [1.82, 2.24) is 4.98 Å². The maximum Gasteiger partial charge on any atom is 0.142 e. The minimum absolute atomic E-state index is 0.169. The molecule has 0 fully saturated rings. The van der Waals surface area contributed by atoms with Crippen LogP contribution < -0.4 is 10.5 Å². The second-order valence-corrected chi connectivity index (χ2v) is 6.86. The van der Waals surface area contributed by atoms with Crippen molar-refractivity contribution in [1.29, 1.82) is 5.26 Å². The number of nitrogens with zero attached hydrogens (tertiary/aromatic N) is 2. The van der Waals surface area contributed by atoms with Gasteiger partial charge in [0, 0.05) is 26.2 Å². The van der Waals surface area contributed by atoms with E-state index in [1.54, 1.807) is 6.07 Å². The molecular formula is C20H15BrClN3O. The van der Waals surface area contributed by atoms with Crippen LogP contribution >= 0.6 is 27.5 Å². The lowest BCUT2D eigenvalue weighted by Crippen LogP contribution is -2.01. The van der Waals surface area contributed by atoms with Gasteiger partial charge in [0.1, 0.15) is 23.2 Å². The van der Waals surface area contributed by atoms with Gasteiger partial charge in [0.25, 0.3) is 0 Å². The molecule has 0 spiro atoms. The van der Waals surface area contributed by atoms with Crippen molar-refractivity contribution in [3.63, 3.8) is 0 Å². The number of halogens is 2. The number of pyridine rings is 1. The molecule has 3 aromatic rings. The van der Waals surface area contributed by atoms with E-state index < -0.39 is 0 Å². The van der Waals surface area contributed by atoms with Crippen LogP contribution in [0.4, 0.5) is 5.82 Å². The molecule has 1 heterocycles. The molecule has 2 N–H and O–H groups in total. The molecule has 0 aliphatic heterocycles. The third kappa shape index (κ3) is 3.67. The Morgan fingerprint density at radius 3 is 2.69 bits per heavy atom. The summed E-state index contributed by atoms with van der Waals surface area (Å²) in [6.07, 6.45) is 0. The molecule has 0 bridgehead atoms. The van der Waals surface area contributed by atoms with Crippen LogP contribution in [-0.4, -0.2) is 11.6 Å². The van der Waals surface area contributed by atoms with Gasteiger partial charge in [-0.1, -0.05) is 39.7 Å². The van der Waals surface area contributed by atoms with Gasteiger partial charge in [-0.15, -0.1) is 0 Å². The van der Waals surface area contributed by atoms with Gasteiger partial charge in [0.15, 0.2) is 0 Å². The Morgan fingerprint density at radius 2 is 2.00 bits per heavy atom. The van der Waals surface area contributed by atoms with Crippen molar-refractivity contribution in [2.75, 3.05) is 12.3 Å². The van der Waals surface area contributed by atoms with E-state index in [1.165, 1.54) is 0 Å². The molecule has 6 heteroatoms. The normalized spacial score (nSPS) is 10.4. The van der Waals surface area contributed by atoms with Crippen molar-refractivity contribution >= 4 is 33.3 Å². The summed E-state index contributed by atoms with van der Waals surface area (Å²) < 4.78 is 6.61. The van der Waals surface area contributed by atoms with E-state index in [-0.39, 0.29) is 5.82 Å². The molecule has 2 aromatic carbocycles. The van der Waals surface area contributed by atoms with E-state index in [4.69, 9.17) is 22.1 Å². The molecule has 3 rings (SSSR count). The van der Waals surface area contributed by atoms with E-state index in [0.717, 1.165) is 15.6 Å². The van der Waals surface area contributed by atoms with Gasteiger partial charge in [0.2, 0.25) is 0 Å². The Kier molecular flexibility index (Phi) is 5.46. The van der Waals surface area contributed by atoms with Gasteiger partial charge in [-0.3, -0.25) is 0 Å². The highest BCUT2D eigenvalue weighted by Gasteiger charge is 2.17. The Labute approximate surface area is 165 Å². The van der Waals surface area contributed by atoms with Crippen LogP contribution in [0.2, 0.25) is 5.02 Å². The number of anilines is 1. The van der Waals surface area contributed by atoms with Crippen LogP contribution in [0.15, 0.2) is 53.0 Å². The standard InChI is InChI=1S/C20H15BrClN3O/c1-2-26-19-7-6-13(21)9-16(19)15-10-18(25-20(24)17(15)11-23)12-4-3-5-14(22)8-12/h3-10H,2H2,1H3,(H2,24,25). The topological polar surface area (TPSA) is 71.9 Å². The fraction of sp³-hybridized carbons (Fsp3) is 0.100. The highest BCUT2D eigenvalue weighted by Crippen LogP contribution is 2.38. The minimum Gasteiger partial charge on any atom is -0.493 e. The second-order valence-electron chi connectivity index (χ2n) is 5.51. The molecule has 0 atom stereocenters. The first-order chi connectivity index (χ1) is 12.5. The second kappa shape index (κ2) is 7.77. The van der Waals surface area contributed by atoms with Crippen molar-refractivity contribution in [3.05, 3.63) is 63.6 Å². The van der Waals surface area contributed by atoms with Gasteiger partial charge < -0.3 is 10.5 Å². The Morgan fingerprint density at radius 1 is 1.19 bits per heavy atom. The van der Waals surface area contributed by atoms with E-state index in [1.807, 2.05) is 49.4 Å². The van der Waals surface area contributed by atoms with Crippen molar-refractivity contribution in [2.45, 2.75) is 6.92 Å². The molecule has 0 radical (unpaired) electrons. The summed E-state index contributed by atoms with van der Waals surface area (Å²) in [5.41, 5.74) is 9.31. The summed E-state index contributed by atoms with van der Waals surface area (Å²) in [5, 5.41) is 10.2. The quantitative estimate of drug-likeness (QED) is 0.580. The fourth-order valence-corrected chi connectivity index (χ4v) is 3.24. The van der Waals surface area contributed by atoms with Crippen LogP contribution in [0.25, 0.3) is 22.4 Å². The molecule has 1 aromatic heterocycles. The third-order valence-corrected chi connectivity index (χ3v) is 4.54. The Balaban J connectivity index is 2.28. The van der Waals surface area contributed by atoms with E-state index >= 15 is 0 Å². The first kappa shape index (κ1) is 18.2. The number of aromatic nitrogens is 1. The number of nitrogen functional groups attached to an aromatic ring is 1. The number of nitriles is 1. The van der Waals surface area contributed by atoms with Gasteiger partial charge in [-0.2, -0.15) is 5.26 Å². The SMILES string of the molecule is CCOc1ccc(Br)cc1-c1cc(-c2cccc(Cl)c2)nc(N)c1C#N. The Hall–Kier alpha value is -2.55. The highest BCUT2D eigenvalue weighted by molar-refractivity contribution is 9.10. The monoisotopic (exact) mass is 427 g/mol. The third-order valence-electron chi connectivity index (χ3n) is 3.81. The molecule has 4 nitrogen and oxygen atoms in total. The smallest absolute Gasteiger partial charge is 0.142 e. The summed E-state index contributed by atoms with van der Waals surface area (Å²) in [4.78, 5) is 4.38. The molecule has 0 amide bonds. The highest BCUT2D eigenvalue weighted by atomic mass is 79.9. The zero-order valence-electron chi connectivity index (χ0n) is 14.0. The van der Waals surface area contributed by atoms with Gasteiger partial charge in [-0.05, 0) is 43.3 Å². The first-order valence-corrected chi connectivity index (χ1v) is 9.10. The predicted molar refractivity (Wildman–Crippen MR) is 108 cm³/mol. The zero-order valence-corrected chi connectivity index (χ0v) is 16.3. The lowest BCUT2D eigenvalue weighted by molar-refractivity contribution is 0.341. The van der Waals surface area contributed by atoms with Crippen LogP contribution in [0.5, 0.6) is 5.75 Å². The van der Waals surface area contributed by atoms with Crippen LogP contribution in [0.1, 0.15) is 12.5 Å². The van der Waals surface area contributed by atoms with Crippen LogP contribution in [-0.2, 0) is 0 Å². The number of rotatable bonds is 4. The average molecular weight is 429 g/mol. The fourth-order valence-electron chi connectivity index (χ4n) is 2.68. The summed E-state index contributed by atoms with van der Waals surface area (Å²) in [5.74, 6) is 0.845. The summed E-state index contributed by atoms with van der Waals surface area (Å²) >= 11 is 9.58. The van der Waals surface area contributed by atoms with E-state index in [0.29, 0.717) is 34.2 Å². The summed E-state index contributed by atoms with van der Waals surface area (Å²) in [6.45, 7) is 2.42. The number of benzene rings is 2. The van der Waals surface area contributed by atoms with Crippen molar-refractivity contribution in [3.8, 4) is 34.2 Å². The maximum atomic E-state index is 9.61. The predicted octanol–water partition coefficient (Wildman–Crippen LogP) is 5.68. The number of hydrogen-bond acceptors (Lipinski definition) is 4. The minimum atomic E-state index is 0.169. The summed E-state index contributed by atoms with van der Waals surface area (Å²) in [7, 11) is 0. The number of ether oxygens (including phenoxy) is 1. The summed E-state index contributed by atoms with van der Waals surface area (Å²) in [6, 6.07) is 17.0. The molecule has 0 aliphatic rings. The number of nitrogens with two attached hydrogens (primary N) is 1. The number of hydrogen-bond donors (Lipinski definition) is 1. The zero-order chi connectivity index (χ0) is 18.7. The van der Waals surface area contributed by atoms with Gasteiger partial charge in [-0.25, -0.2) is 4.98 Å². The lowest BCUT2D eigenvalue weighted by Gasteiger charge is -2.14. The average Bonchev–Trinajstić information content (AvgIpc) is 2.62. The first-order valence-electron chi connectivity index (χ1n) is 7.92. The van der Waals surface area contributed by atoms with Crippen LogP contribution in [0.3, 0.4) is 0 Å². The van der Waals surface area contributed by atoms with Crippen LogP contribution in [0, 0.1) is 11.3 Å². The van der Waals surface area contributed by atoms with Crippen molar-refractivity contribution < 1.29 is 4.74 Å². The van der Waals surface area contributed by atoms with E-state index in [9.17, 15) is 5.26 Å². The molecule has 130 valence electrons. The molecule has 0 unspecified atom stereocenters. The molecule has 0 aliphatic carbocycles.